The number of carbonyl (C=O) groups is 1. The number of phosphoric acid groups is 1. The van der Waals surface area contributed by atoms with Crippen molar-refractivity contribution in [2.24, 2.45) is 0 Å². The summed E-state index contributed by atoms with van der Waals surface area (Å²) in [4.78, 5) is 24.5. The Morgan fingerprint density at radius 1 is 0.730 bits per heavy atom. The van der Waals surface area contributed by atoms with E-state index in [4.69, 9.17) is 18.5 Å². The van der Waals surface area contributed by atoms with E-state index in [2.05, 4.69) is 13.8 Å². The van der Waals surface area contributed by atoms with Crippen molar-refractivity contribution in [3.05, 3.63) is 0 Å². The molecule has 0 aromatic rings. The monoisotopic (exact) mass is 551 g/mol. The Bertz CT molecular complexity index is 583. The third-order valence-electron chi connectivity index (χ3n) is 6.16. The zero-order valence-electron chi connectivity index (χ0n) is 24.7. The van der Waals surface area contributed by atoms with E-state index in [9.17, 15) is 14.3 Å². The maximum atomic E-state index is 12.4. The Balaban J connectivity index is 4.39. The number of esters is 1. The fraction of sp³-hybridized carbons (Fsp3) is 0.964. The zero-order valence-corrected chi connectivity index (χ0v) is 25.6. The molecule has 0 amide bonds. The molecule has 0 aliphatic heterocycles. The molecule has 37 heavy (non-hydrogen) atoms. The number of ether oxygens (including phenoxy) is 2. The van der Waals surface area contributed by atoms with E-state index >= 15 is 0 Å². The normalized spacial score (nSPS) is 14.4. The van der Waals surface area contributed by atoms with Gasteiger partial charge in [0.1, 0.15) is 19.3 Å². The average molecular weight is 552 g/mol. The highest BCUT2D eigenvalue weighted by Crippen LogP contribution is 2.38. The van der Waals surface area contributed by atoms with Crippen molar-refractivity contribution < 1.29 is 37.3 Å². The topological polar surface area (TPSA) is 94.1 Å². The van der Waals surface area contributed by atoms with E-state index < -0.39 is 13.9 Å². The molecule has 0 rings (SSSR count). The summed E-state index contributed by atoms with van der Waals surface area (Å²) in [5.74, 6) is -0.341. The second-order valence-electron chi connectivity index (χ2n) is 11.1. The summed E-state index contributed by atoms with van der Waals surface area (Å²) in [6.07, 6.45) is 17.0. The Morgan fingerprint density at radius 3 is 1.78 bits per heavy atom. The maximum Gasteiger partial charge on any atom is 0.306 e. The number of unbranched alkanes of at least 4 members (excludes halogenated alkanes) is 13. The fourth-order valence-electron chi connectivity index (χ4n) is 3.78. The smallest absolute Gasteiger partial charge is 0.306 e. The molecule has 8 nitrogen and oxygen atoms in total. The highest BCUT2D eigenvalue weighted by atomic mass is 31.2. The molecule has 0 N–H and O–H groups in total. The molecule has 0 saturated heterocycles. The number of likely N-dealkylation sites (N-methyl/N-ethyl adjacent to an activating group) is 1. The van der Waals surface area contributed by atoms with Crippen LogP contribution in [0.15, 0.2) is 0 Å². The van der Waals surface area contributed by atoms with Crippen LogP contribution in [-0.4, -0.2) is 70.7 Å². The summed E-state index contributed by atoms with van der Waals surface area (Å²) in [7, 11) is 1.36. The van der Waals surface area contributed by atoms with Crippen LogP contribution < -0.4 is 4.89 Å². The molecule has 0 aromatic heterocycles. The van der Waals surface area contributed by atoms with Gasteiger partial charge in [-0.3, -0.25) is 9.36 Å². The van der Waals surface area contributed by atoms with Gasteiger partial charge in [-0.05, 0) is 12.8 Å². The molecular weight excluding hydrogens is 493 g/mol. The number of quaternary nitrogens is 1. The summed E-state index contributed by atoms with van der Waals surface area (Å²) in [6, 6.07) is 0. The van der Waals surface area contributed by atoms with Crippen LogP contribution in [-0.2, 0) is 27.9 Å². The van der Waals surface area contributed by atoms with Crippen LogP contribution in [0.3, 0.4) is 0 Å². The van der Waals surface area contributed by atoms with Crippen LogP contribution in [0.25, 0.3) is 0 Å². The van der Waals surface area contributed by atoms with Gasteiger partial charge >= 0.3 is 5.97 Å². The molecule has 0 saturated carbocycles. The quantitative estimate of drug-likeness (QED) is 0.0504. The lowest BCUT2D eigenvalue weighted by Gasteiger charge is -2.28. The van der Waals surface area contributed by atoms with Crippen molar-refractivity contribution in [1.82, 2.24) is 0 Å². The summed E-state index contributed by atoms with van der Waals surface area (Å²) in [5, 5.41) is 0. The molecule has 0 radical (unpaired) electrons. The van der Waals surface area contributed by atoms with Crippen molar-refractivity contribution in [2.75, 3.05) is 54.1 Å². The van der Waals surface area contributed by atoms with Crippen molar-refractivity contribution in [1.29, 1.82) is 0 Å². The lowest BCUT2D eigenvalue weighted by Crippen LogP contribution is -2.37. The number of carbonyl (C=O) groups excluding carboxylic acids is 1. The summed E-state index contributed by atoms with van der Waals surface area (Å²) >= 11 is 0. The largest absolute Gasteiger partial charge is 0.756 e. The zero-order chi connectivity index (χ0) is 27.8. The van der Waals surface area contributed by atoms with Crippen LogP contribution in [0.1, 0.15) is 117 Å². The minimum atomic E-state index is -4.49. The van der Waals surface area contributed by atoms with Gasteiger partial charge < -0.3 is 27.9 Å². The van der Waals surface area contributed by atoms with Gasteiger partial charge in [-0.1, -0.05) is 97.3 Å². The molecule has 0 fully saturated rings. The van der Waals surface area contributed by atoms with E-state index in [1.807, 2.05) is 21.1 Å². The van der Waals surface area contributed by atoms with E-state index in [0.717, 1.165) is 32.1 Å². The summed E-state index contributed by atoms with van der Waals surface area (Å²) in [6.45, 7) is 5.32. The highest BCUT2D eigenvalue weighted by Gasteiger charge is 2.20. The molecule has 9 heteroatoms. The third-order valence-corrected chi connectivity index (χ3v) is 7.12. The number of phosphoric ester groups is 1. The Kier molecular flexibility index (Phi) is 23.1. The molecule has 2 atom stereocenters. The molecule has 0 aliphatic carbocycles. The predicted octanol–water partition coefficient (Wildman–Crippen LogP) is 6.40. The second-order valence-corrected chi connectivity index (χ2v) is 12.5. The van der Waals surface area contributed by atoms with Gasteiger partial charge in [0.05, 0.1) is 34.4 Å². The summed E-state index contributed by atoms with van der Waals surface area (Å²) < 4.78 is 34.0. The van der Waals surface area contributed by atoms with Crippen LogP contribution in [0.4, 0.5) is 0 Å². The van der Waals surface area contributed by atoms with Gasteiger partial charge in [0, 0.05) is 13.0 Å². The van der Waals surface area contributed by atoms with Crippen molar-refractivity contribution in [3.8, 4) is 0 Å². The highest BCUT2D eigenvalue weighted by molar-refractivity contribution is 7.45. The van der Waals surface area contributed by atoms with E-state index in [-0.39, 0.29) is 25.8 Å². The third kappa shape index (κ3) is 26.9. The molecule has 2 unspecified atom stereocenters. The van der Waals surface area contributed by atoms with Crippen LogP contribution in [0, 0.1) is 0 Å². The van der Waals surface area contributed by atoms with Gasteiger partial charge in [-0.15, -0.1) is 0 Å². The number of nitrogens with zero attached hydrogens (tertiary/aromatic N) is 1. The Labute approximate surface area is 228 Å². The Hall–Kier alpha value is -0.500. The first kappa shape index (κ1) is 36.5. The van der Waals surface area contributed by atoms with Crippen molar-refractivity contribution >= 4 is 13.8 Å². The minimum absolute atomic E-state index is 0.0296. The van der Waals surface area contributed by atoms with Gasteiger partial charge in [0.2, 0.25) is 0 Å². The standard InChI is InChI=1S/C28H58NO7P/c1-6-8-10-12-14-15-16-17-19-21-28(30)36-27(25-33-23-20-18-13-11-9-7-2)26-35-37(31,32)34-24-22-29(3,4)5/h27H,6-26H2,1-5H3. The first-order chi connectivity index (χ1) is 17.6. The van der Waals surface area contributed by atoms with Gasteiger partial charge in [-0.2, -0.15) is 0 Å². The van der Waals surface area contributed by atoms with E-state index in [1.54, 1.807) is 0 Å². The molecular formula is C28H58NO7P. The average Bonchev–Trinajstić information content (AvgIpc) is 2.82. The SMILES string of the molecule is CCCCCCCCCCCC(=O)OC(COCCCCCCCC)COP(=O)([O-])OCC[N+](C)(C)C. The van der Waals surface area contributed by atoms with E-state index in [1.165, 1.54) is 64.2 Å². The molecule has 0 bridgehead atoms. The Morgan fingerprint density at radius 2 is 1.24 bits per heavy atom. The molecule has 0 spiro atoms. The first-order valence-electron chi connectivity index (χ1n) is 14.8. The molecule has 222 valence electrons. The van der Waals surface area contributed by atoms with Crippen molar-refractivity contribution in [3.63, 3.8) is 0 Å². The van der Waals surface area contributed by atoms with Gasteiger partial charge in [0.15, 0.2) is 0 Å². The maximum absolute atomic E-state index is 12.4. The summed E-state index contributed by atoms with van der Waals surface area (Å²) in [5.41, 5.74) is 0. The van der Waals surface area contributed by atoms with Crippen molar-refractivity contribution in [2.45, 2.75) is 123 Å². The van der Waals surface area contributed by atoms with Crippen LogP contribution in [0.5, 0.6) is 0 Å². The predicted molar refractivity (Wildman–Crippen MR) is 148 cm³/mol. The van der Waals surface area contributed by atoms with E-state index in [0.29, 0.717) is 24.1 Å². The lowest BCUT2D eigenvalue weighted by molar-refractivity contribution is -0.870. The lowest BCUT2D eigenvalue weighted by atomic mass is 10.1. The fourth-order valence-corrected chi connectivity index (χ4v) is 4.51. The number of hydrogen-bond acceptors (Lipinski definition) is 7. The molecule has 0 aliphatic rings. The van der Waals surface area contributed by atoms with Gasteiger partial charge in [-0.25, -0.2) is 0 Å². The molecule has 0 heterocycles. The second kappa shape index (κ2) is 23.4. The van der Waals surface area contributed by atoms with Gasteiger partial charge in [0.25, 0.3) is 7.82 Å². The molecule has 0 aromatic carbocycles. The number of hydrogen-bond donors (Lipinski definition) is 0. The number of rotatable bonds is 27. The van der Waals surface area contributed by atoms with Crippen LogP contribution in [0.2, 0.25) is 0 Å². The minimum Gasteiger partial charge on any atom is -0.756 e. The first-order valence-corrected chi connectivity index (χ1v) is 16.2. The van der Waals surface area contributed by atoms with Crippen LogP contribution >= 0.6 is 7.82 Å².